The number of fused-ring (bicyclic) bond motifs is 2. The van der Waals surface area contributed by atoms with Crippen LogP contribution in [-0.2, 0) is 11.2 Å². The number of aromatic nitrogens is 2. The topological polar surface area (TPSA) is 57.8 Å². The summed E-state index contributed by atoms with van der Waals surface area (Å²) in [4.78, 5) is 19.3. The van der Waals surface area contributed by atoms with Crippen molar-refractivity contribution < 1.29 is 4.79 Å². The normalized spacial score (nSPS) is 28.8. The second-order valence-corrected chi connectivity index (χ2v) is 5.32. The predicted molar refractivity (Wildman–Crippen MR) is 68.8 cm³/mol. The molecule has 18 heavy (non-hydrogen) atoms. The Morgan fingerprint density at radius 2 is 2.39 bits per heavy atom. The van der Waals surface area contributed by atoms with E-state index in [4.69, 9.17) is 0 Å². The molecular weight excluding hydrogens is 226 g/mol. The molecule has 3 rings (SSSR count). The highest BCUT2D eigenvalue weighted by Gasteiger charge is 2.39. The summed E-state index contributed by atoms with van der Waals surface area (Å²) < 4.78 is 0. The minimum Gasteiger partial charge on any atom is -0.356 e. The van der Waals surface area contributed by atoms with Gasteiger partial charge in [0.05, 0.1) is 0 Å². The van der Waals surface area contributed by atoms with Gasteiger partial charge in [0.1, 0.15) is 5.82 Å². The lowest BCUT2D eigenvalue weighted by atomic mass is 9.93. The summed E-state index contributed by atoms with van der Waals surface area (Å²) in [6.07, 6.45) is 12.1. The molecule has 1 heterocycles. The van der Waals surface area contributed by atoms with Gasteiger partial charge in [-0.3, -0.25) is 4.79 Å². The zero-order valence-corrected chi connectivity index (χ0v) is 10.4. The molecule has 0 aliphatic heterocycles. The number of hydrogen-bond donors (Lipinski definition) is 2. The van der Waals surface area contributed by atoms with Crippen LogP contribution in [0.15, 0.2) is 24.5 Å². The summed E-state index contributed by atoms with van der Waals surface area (Å²) in [5.74, 6) is 2.62. The molecule has 2 N–H and O–H groups in total. The zero-order valence-electron chi connectivity index (χ0n) is 10.4. The molecule has 0 radical (unpaired) electrons. The fraction of sp³-hybridized carbons (Fsp3) is 0.571. The van der Waals surface area contributed by atoms with E-state index >= 15 is 0 Å². The number of amides is 1. The molecule has 0 saturated heterocycles. The number of rotatable bonds is 5. The van der Waals surface area contributed by atoms with Crippen LogP contribution in [-0.4, -0.2) is 22.4 Å². The van der Waals surface area contributed by atoms with E-state index in [9.17, 15) is 4.79 Å². The van der Waals surface area contributed by atoms with Crippen molar-refractivity contribution in [1.82, 2.24) is 15.3 Å². The third kappa shape index (κ3) is 2.33. The van der Waals surface area contributed by atoms with E-state index < -0.39 is 0 Å². The maximum absolute atomic E-state index is 12.0. The van der Waals surface area contributed by atoms with Crippen molar-refractivity contribution in [1.29, 1.82) is 0 Å². The highest BCUT2D eigenvalue weighted by atomic mass is 16.1. The first kappa shape index (κ1) is 11.5. The van der Waals surface area contributed by atoms with E-state index in [0.29, 0.717) is 11.8 Å². The minimum absolute atomic E-state index is 0.226. The molecule has 1 saturated carbocycles. The van der Waals surface area contributed by atoms with E-state index in [1.807, 2.05) is 6.20 Å². The molecule has 3 atom stereocenters. The van der Waals surface area contributed by atoms with Crippen molar-refractivity contribution in [2.24, 2.45) is 17.8 Å². The van der Waals surface area contributed by atoms with E-state index in [-0.39, 0.29) is 11.8 Å². The molecule has 0 spiro atoms. The Labute approximate surface area is 107 Å². The van der Waals surface area contributed by atoms with Crippen LogP contribution >= 0.6 is 0 Å². The summed E-state index contributed by atoms with van der Waals surface area (Å²) in [6.45, 7) is 0.747. The zero-order chi connectivity index (χ0) is 12.4. The van der Waals surface area contributed by atoms with Gasteiger partial charge in [0.2, 0.25) is 5.91 Å². The molecule has 1 amide bonds. The molecule has 2 aliphatic rings. The highest BCUT2D eigenvalue weighted by molar-refractivity contribution is 5.79. The van der Waals surface area contributed by atoms with E-state index in [1.54, 1.807) is 6.20 Å². The molecule has 4 nitrogen and oxygen atoms in total. The number of nitrogens with zero attached hydrogens (tertiary/aromatic N) is 1. The number of carbonyl (C=O) groups excluding carboxylic acids is 1. The molecule has 3 unspecified atom stereocenters. The standard InChI is InChI=1S/C14H19N3O/c18-14(12-9-10-3-4-11(12)8-10)17-5-1-2-13-15-6-7-16-13/h3-4,6-7,10-12H,1-2,5,8-9H2,(H,15,16)(H,17,18). The molecule has 1 aromatic rings. The second-order valence-electron chi connectivity index (χ2n) is 5.32. The lowest BCUT2D eigenvalue weighted by Crippen LogP contribution is -2.33. The lowest BCUT2D eigenvalue weighted by Gasteiger charge is -2.17. The van der Waals surface area contributed by atoms with Crippen LogP contribution in [0.1, 0.15) is 25.1 Å². The maximum Gasteiger partial charge on any atom is 0.223 e. The van der Waals surface area contributed by atoms with E-state index in [1.165, 1.54) is 6.42 Å². The average molecular weight is 245 g/mol. The van der Waals surface area contributed by atoms with Crippen LogP contribution in [0.3, 0.4) is 0 Å². The lowest BCUT2D eigenvalue weighted by molar-refractivity contribution is -0.125. The largest absolute Gasteiger partial charge is 0.356 e. The van der Waals surface area contributed by atoms with Gasteiger partial charge in [-0.05, 0) is 31.1 Å². The Bertz CT molecular complexity index is 438. The Balaban J connectivity index is 1.38. The summed E-state index contributed by atoms with van der Waals surface area (Å²) in [7, 11) is 0. The third-order valence-corrected chi connectivity index (χ3v) is 4.06. The van der Waals surface area contributed by atoms with Crippen LogP contribution in [0.25, 0.3) is 0 Å². The summed E-state index contributed by atoms with van der Waals surface area (Å²) in [6, 6.07) is 0. The number of carbonyl (C=O) groups is 1. The quantitative estimate of drug-likeness (QED) is 0.612. The monoisotopic (exact) mass is 245 g/mol. The van der Waals surface area contributed by atoms with Gasteiger partial charge in [0.25, 0.3) is 0 Å². The SMILES string of the molecule is O=C(NCCCc1ncc[nH]1)C1CC2C=CC1C2. The fourth-order valence-electron chi connectivity index (χ4n) is 3.12. The number of H-pyrrole nitrogens is 1. The average Bonchev–Trinajstić information content (AvgIpc) is 3.10. The summed E-state index contributed by atoms with van der Waals surface area (Å²) in [5.41, 5.74) is 0. The molecular formula is C14H19N3O. The number of hydrogen-bond acceptors (Lipinski definition) is 2. The number of imidazole rings is 1. The smallest absolute Gasteiger partial charge is 0.223 e. The Morgan fingerprint density at radius 3 is 3.06 bits per heavy atom. The summed E-state index contributed by atoms with van der Waals surface area (Å²) in [5, 5.41) is 3.06. The molecule has 1 aromatic heterocycles. The first-order valence-electron chi connectivity index (χ1n) is 6.77. The maximum atomic E-state index is 12.0. The van der Waals surface area contributed by atoms with Crippen LogP contribution in [0, 0.1) is 17.8 Å². The van der Waals surface area contributed by atoms with Crippen molar-refractivity contribution in [3.63, 3.8) is 0 Å². The van der Waals surface area contributed by atoms with Gasteiger partial charge < -0.3 is 10.3 Å². The van der Waals surface area contributed by atoms with Gasteiger partial charge in [-0.2, -0.15) is 0 Å². The number of nitrogens with one attached hydrogen (secondary N) is 2. The predicted octanol–water partition coefficient (Wildman–Crippen LogP) is 1.67. The first-order chi connectivity index (χ1) is 8.83. The first-order valence-corrected chi connectivity index (χ1v) is 6.77. The van der Waals surface area contributed by atoms with Gasteiger partial charge in [-0.25, -0.2) is 4.98 Å². The molecule has 2 bridgehead atoms. The van der Waals surface area contributed by atoms with Crippen LogP contribution in [0.5, 0.6) is 0 Å². The highest BCUT2D eigenvalue weighted by Crippen LogP contribution is 2.43. The van der Waals surface area contributed by atoms with Crippen LogP contribution < -0.4 is 5.32 Å². The van der Waals surface area contributed by atoms with Gasteiger partial charge in [-0.1, -0.05) is 12.2 Å². The van der Waals surface area contributed by atoms with E-state index in [2.05, 4.69) is 27.4 Å². The van der Waals surface area contributed by atoms with Crippen molar-refractivity contribution >= 4 is 5.91 Å². The van der Waals surface area contributed by atoms with Crippen molar-refractivity contribution in [2.45, 2.75) is 25.7 Å². The number of aromatic amines is 1. The number of aryl methyl sites for hydroxylation is 1. The van der Waals surface area contributed by atoms with Gasteiger partial charge in [0.15, 0.2) is 0 Å². The van der Waals surface area contributed by atoms with Crippen molar-refractivity contribution in [3.05, 3.63) is 30.4 Å². The Kier molecular flexibility index (Phi) is 3.17. The number of allylic oxidation sites excluding steroid dienone is 2. The van der Waals surface area contributed by atoms with E-state index in [0.717, 1.165) is 31.6 Å². The van der Waals surface area contributed by atoms with Crippen LogP contribution in [0.4, 0.5) is 0 Å². The molecule has 96 valence electrons. The van der Waals surface area contributed by atoms with Gasteiger partial charge in [0, 0.05) is 31.3 Å². The second kappa shape index (κ2) is 4.96. The molecule has 1 fully saturated rings. The van der Waals surface area contributed by atoms with Crippen molar-refractivity contribution in [2.75, 3.05) is 6.54 Å². The molecule has 4 heteroatoms. The third-order valence-electron chi connectivity index (χ3n) is 4.06. The van der Waals surface area contributed by atoms with Gasteiger partial charge >= 0.3 is 0 Å². The van der Waals surface area contributed by atoms with Crippen molar-refractivity contribution in [3.8, 4) is 0 Å². The Hall–Kier alpha value is -1.58. The molecule has 0 aromatic carbocycles. The Morgan fingerprint density at radius 1 is 1.44 bits per heavy atom. The fourth-order valence-corrected chi connectivity index (χ4v) is 3.12. The summed E-state index contributed by atoms with van der Waals surface area (Å²) >= 11 is 0. The minimum atomic E-state index is 0.226. The van der Waals surface area contributed by atoms with Crippen LogP contribution in [0.2, 0.25) is 0 Å². The van der Waals surface area contributed by atoms with Gasteiger partial charge in [-0.15, -0.1) is 0 Å². The molecule has 2 aliphatic carbocycles.